The Balaban J connectivity index is 2.56. The number of aliphatic carboxylic acids is 1. The average Bonchev–Trinajstić information content (AvgIpc) is 2.35. The number of fused-ring (bicyclic) bond motifs is 1. The summed E-state index contributed by atoms with van der Waals surface area (Å²) in [4.78, 5) is 19.6. The first-order valence-corrected chi connectivity index (χ1v) is 5.66. The smallest absolute Gasteiger partial charge is 0.312 e. The number of hydrogen-bond donors (Lipinski definition) is 1. The molecule has 4 nitrogen and oxygen atoms in total. The number of aromatic nitrogens is 2. The molecule has 0 spiro atoms. The van der Waals surface area contributed by atoms with E-state index < -0.39 is 11.9 Å². The Morgan fingerprint density at radius 2 is 2.12 bits per heavy atom. The lowest BCUT2D eigenvalue weighted by Crippen LogP contribution is -2.13. The van der Waals surface area contributed by atoms with Crippen molar-refractivity contribution < 1.29 is 9.90 Å². The highest BCUT2D eigenvalue weighted by atomic mass is 16.4. The summed E-state index contributed by atoms with van der Waals surface area (Å²) >= 11 is 0. The quantitative estimate of drug-likeness (QED) is 0.876. The van der Waals surface area contributed by atoms with E-state index in [1.807, 2.05) is 31.2 Å². The van der Waals surface area contributed by atoms with Gasteiger partial charge < -0.3 is 5.11 Å². The van der Waals surface area contributed by atoms with E-state index in [0.29, 0.717) is 12.1 Å². The van der Waals surface area contributed by atoms with Crippen LogP contribution < -0.4 is 0 Å². The molecule has 88 valence electrons. The van der Waals surface area contributed by atoms with Crippen LogP contribution in [0.5, 0.6) is 0 Å². The molecule has 0 amide bonds. The minimum Gasteiger partial charge on any atom is -0.481 e. The number of carbonyl (C=O) groups is 1. The Labute approximate surface area is 99.3 Å². The third-order valence-electron chi connectivity index (χ3n) is 2.78. The summed E-state index contributed by atoms with van der Waals surface area (Å²) in [6.45, 7) is 1.97. The number of carboxylic acids is 1. The van der Waals surface area contributed by atoms with Crippen molar-refractivity contribution in [2.45, 2.75) is 25.7 Å². The SMILES string of the molecule is CCCC(C(=O)O)c1ncnc2ccccc12. The van der Waals surface area contributed by atoms with Gasteiger partial charge in [-0.25, -0.2) is 9.97 Å². The number of carboxylic acid groups (broad SMARTS) is 1. The zero-order valence-corrected chi connectivity index (χ0v) is 9.63. The van der Waals surface area contributed by atoms with Crippen LogP contribution in [0, 0.1) is 0 Å². The van der Waals surface area contributed by atoms with Crippen LogP contribution in [0.3, 0.4) is 0 Å². The maximum atomic E-state index is 11.3. The summed E-state index contributed by atoms with van der Waals surface area (Å²) in [5.74, 6) is -1.37. The number of hydrogen-bond acceptors (Lipinski definition) is 3. The van der Waals surface area contributed by atoms with Gasteiger partial charge in [-0.05, 0) is 12.5 Å². The molecule has 1 aromatic heterocycles. The van der Waals surface area contributed by atoms with Crippen molar-refractivity contribution in [3.05, 3.63) is 36.3 Å². The molecule has 1 unspecified atom stereocenters. The number of nitrogens with zero attached hydrogens (tertiary/aromatic N) is 2. The van der Waals surface area contributed by atoms with Gasteiger partial charge in [-0.1, -0.05) is 31.5 Å². The van der Waals surface area contributed by atoms with Crippen LogP contribution in [-0.4, -0.2) is 21.0 Å². The van der Waals surface area contributed by atoms with Crippen LogP contribution >= 0.6 is 0 Å². The minimum atomic E-state index is -0.823. The van der Waals surface area contributed by atoms with Gasteiger partial charge in [0.25, 0.3) is 0 Å². The molecule has 0 saturated carbocycles. The fourth-order valence-corrected chi connectivity index (χ4v) is 1.97. The lowest BCUT2D eigenvalue weighted by molar-refractivity contribution is -0.139. The van der Waals surface area contributed by atoms with E-state index in [1.165, 1.54) is 6.33 Å². The minimum absolute atomic E-state index is 0.548. The predicted molar refractivity (Wildman–Crippen MR) is 64.8 cm³/mol. The fraction of sp³-hybridized carbons (Fsp3) is 0.308. The van der Waals surface area contributed by atoms with Gasteiger partial charge >= 0.3 is 5.97 Å². The topological polar surface area (TPSA) is 63.1 Å². The van der Waals surface area contributed by atoms with Gasteiger partial charge in [0.2, 0.25) is 0 Å². The van der Waals surface area contributed by atoms with Crippen LogP contribution in [0.4, 0.5) is 0 Å². The van der Waals surface area contributed by atoms with Gasteiger partial charge in [0.05, 0.1) is 17.1 Å². The molecular weight excluding hydrogens is 216 g/mol. The maximum Gasteiger partial charge on any atom is 0.312 e. The number of para-hydroxylation sites is 1. The largest absolute Gasteiger partial charge is 0.481 e. The van der Waals surface area contributed by atoms with Crippen molar-refractivity contribution in [2.24, 2.45) is 0 Å². The molecule has 0 bridgehead atoms. The normalized spacial score (nSPS) is 12.5. The van der Waals surface area contributed by atoms with Gasteiger partial charge in [-0.2, -0.15) is 0 Å². The second-order valence-corrected chi connectivity index (χ2v) is 3.96. The zero-order chi connectivity index (χ0) is 12.3. The molecule has 2 rings (SSSR count). The van der Waals surface area contributed by atoms with Crippen LogP contribution in [0.25, 0.3) is 10.9 Å². The van der Waals surface area contributed by atoms with E-state index >= 15 is 0 Å². The van der Waals surface area contributed by atoms with E-state index in [2.05, 4.69) is 9.97 Å². The summed E-state index contributed by atoms with van der Waals surface area (Å²) in [5, 5.41) is 10.1. The lowest BCUT2D eigenvalue weighted by atomic mass is 9.96. The van der Waals surface area contributed by atoms with Crippen molar-refractivity contribution in [1.82, 2.24) is 9.97 Å². The average molecular weight is 230 g/mol. The summed E-state index contributed by atoms with van der Waals surface area (Å²) in [7, 11) is 0. The van der Waals surface area contributed by atoms with E-state index in [-0.39, 0.29) is 0 Å². The Morgan fingerprint density at radius 3 is 2.82 bits per heavy atom. The molecule has 1 heterocycles. The lowest BCUT2D eigenvalue weighted by Gasteiger charge is -2.12. The van der Waals surface area contributed by atoms with Crippen LogP contribution in [0.2, 0.25) is 0 Å². The second-order valence-electron chi connectivity index (χ2n) is 3.96. The molecule has 1 aromatic carbocycles. The molecule has 2 aromatic rings. The monoisotopic (exact) mass is 230 g/mol. The first-order valence-electron chi connectivity index (χ1n) is 5.66. The zero-order valence-electron chi connectivity index (χ0n) is 9.63. The molecule has 4 heteroatoms. The summed E-state index contributed by atoms with van der Waals surface area (Å²) < 4.78 is 0. The molecule has 0 radical (unpaired) electrons. The molecule has 1 N–H and O–H groups in total. The summed E-state index contributed by atoms with van der Waals surface area (Å²) in [5.41, 5.74) is 1.41. The molecule has 0 aliphatic carbocycles. The van der Waals surface area contributed by atoms with Crippen LogP contribution in [-0.2, 0) is 4.79 Å². The van der Waals surface area contributed by atoms with Gasteiger partial charge in [-0.15, -0.1) is 0 Å². The highest BCUT2D eigenvalue weighted by Gasteiger charge is 2.22. The number of benzene rings is 1. The van der Waals surface area contributed by atoms with Crippen molar-refractivity contribution in [3.8, 4) is 0 Å². The molecular formula is C13H14N2O2. The van der Waals surface area contributed by atoms with E-state index in [0.717, 1.165) is 17.3 Å². The summed E-state index contributed by atoms with van der Waals surface area (Å²) in [6, 6.07) is 7.50. The van der Waals surface area contributed by atoms with Gasteiger partial charge in [-0.3, -0.25) is 4.79 Å². The predicted octanol–water partition coefficient (Wildman–Crippen LogP) is 2.60. The van der Waals surface area contributed by atoms with Crippen LogP contribution in [0.1, 0.15) is 31.4 Å². The Hall–Kier alpha value is -1.97. The molecule has 0 aliphatic heterocycles. The van der Waals surface area contributed by atoms with E-state index in [4.69, 9.17) is 0 Å². The first kappa shape index (κ1) is 11.5. The third kappa shape index (κ3) is 2.25. The van der Waals surface area contributed by atoms with Crippen LogP contribution in [0.15, 0.2) is 30.6 Å². The fourth-order valence-electron chi connectivity index (χ4n) is 1.97. The standard InChI is InChI=1S/C13H14N2O2/c1-2-5-10(13(16)17)12-9-6-3-4-7-11(9)14-8-15-12/h3-4,6-8,10H,2,5H2,1H3,(H,16,17). The van der Waals surface area contributed by atoms with E-state index in [9.17, 15) is 9.90 Å². The second kappa shape index (κ2) is 4.91. The molecule has 0 fully saturated rings. The number of rotatable bonds is 4. The highest BCUT2D eigenvalue weighted by molar-refractivity contribution is 5.86. The van der Waals surface area contributed by atoms with E-state index in [1.54, 1.807) is 0 Å². The molecule has 0 saturated heterocycles. The van der Waals surface area contributed by atoms with Crippen molar-refractivity contribution in [1.29, 1.82) is 0 Å². The van der Waals surface area contributed by atoms with Crippen molar-refractivity contribution in [3.63, 3.8) is 0 Å². The van der Waals surface area contributed by atoms with Crippen molar-refractivity contribution >= 4 is 16.9 Å². The maximum absolute atomic E-state index is 11.3. The Bertz CT molecular complexity index is 534. The van der Waals surface area contributed by atoms with Crippen molar-refractivity contribution in [2.75, 3.05) is 0 Å². The molecule has 1 atom stereocenters. The summed E-state index contributed by atoms with van der Waals surface area (Å²) in [6.07, 6.45) is 2.84. The Morgan fingerprint density at radius 1 is 1.35 bits per heavy atom. The molecule has 17 heavy (non-hydrogen) atoms. The highest BCUT2D eigenvalue weighted by Crippen LogP contribution is 2.25. The van der Waals surface area contributed by atoms with Gasteiger partial charge in [0.1, 0.15) is 6.33 Å². The molecule has 0 aliphatic rings. The van der Waals surface area contributed by atoms with Gasteiger partial charge in [0, 0.05) is 5.39 Å². The third-order valence-corrected chi connectivity index (χ3v) is 2.78. The van der Waals surface area contributed by atoms with Gasteiger partial charge in [0.15, 0.2) is 0 Å². The first-order chi connectivity index (χ1) is 8.24. The Kier molecular flexibility index (Phi) is 3.32.